The van der Waals surface area contributed by atoms with E-state index < -0.39 is 0 Å². The van der Waals surface area contributed by atoms with Crippen LogP contribution < -0.4 is 5.73 Å². The Morgan fingerprint density at radius 2 is 2.32 bits per heavy atom. The summed E-state index contributed by atoms with van der Waals surface area (Å²) < 4.78 is 8.53. The highest BCUT2D eigenvalue weighted by atomic mass is 79.9. The third-order valence-electron chi connectivity index (χ3n) is 3.50. The lowest BCUT2D eigenvalue weighted by Gasteiger charge is -2.16. The molecule has 5 heteroatoms. The summed E-state index contributed by atoms with van der Waals surface area (Å²) in [6.07, 6.45) is 1.82. The van der Waals surface area contributed by atoms with Crippen LogP contribution in [-0.4, -0.2) is 16.4 Å². The Hall–Kier alpha value is -1.33. The van der Waals surface area contributed by atoms with Crippen LogP contribution in [0.1, 0.15) is 23.7 Å². The fourth-order valence-corrected chi connectivity index (χ4v) is 2.91. The van der Waals surface area contributed by atoms with Gasteiger partial charge in [0.05, 0.1) is 24.6 Å². The van der Waals surface area contributed by atoms with E-state index in [0.29, 0.717) is 12.4 Å². The van der Waals surface area contributed by atoms with E-state index in [-0.39, 0.29) is 0 Å². The standard InChI is InChI=1S/C14H16BrN3O/c1-2-9-7-10(15)3-4-12(9)18-13-5-6-19-8-11(13)14(16)17-18/h3-4,7H,2,5-6,8H2,1H3,(H2,16,17). The normalized spacial score (nSPS) is 14.4. The van der Waals surface area contributed by atoms with Gasteiger partial charge in [-0.3, -0.25) is 0 Å². The number of benzene rings is 1. The van der Waals surface area contributed by atoms with E-state index in [1.54, 1.807) is 0 Å². The van der Waals surface area contributed by atoms with Crippen molar-refractivity contribution in [2.45, 2.75) is 26.4 Å². The number of fused-ring (bicyclic) bond motifs is 1. The molecule has 0 fully saturated rings. The summed E-state index contributed by atoms with van der Waals surface area (Å²) in [5.74, 6) is 0.583. The SMILES string of the molecule is CCc1cc(Br)ccc1-n1nc(N)c2c1CCOC2. The van der Waals surface area contributed by atoms with Crippen LogP contribution in [0.5, 0.6) is 0 Å². The number of aryl methyl sites for hydroxylation is 1. The quantitative estimate of drug-likeness (QED) is 0.925. The number of hydrogen-bond acceptors (Lipinski definition) is 3. The van der Waals surface area contributed by atoms with E-state index in [4.69, 9.17) is 10.5 Å². The van der Waals surface area contributed by atoms with E-state index in [1.807, 2.05) is 10.7 Å². The molecule has 2 N–H and O–H groups in total. The van der Waals surface area contributed by atoms with Crippen molar-refractivity contribution >= 4 is 21.7 Å². The Labute approximate surface area is 120 Å². The van der Waals surface area contributed by atoms with Crippen LogP contribution in [0.2, 0.25) is 0 Å². The van der Waals surface area contributed by atoms with Crippen LogP contribution in [0.25, 0.3) is 5.69 Å². The molecular formula is C14H16BrN3O. The molecule has 1 aliphatic heterocycles. The average Bonchev–Trinajstić information content (AvgIpc) is 2.76. The molecule has 0 spiro atoms. The molecule has 0 unspecified atom stereocenters. The predicted octanol–water partition coefficient (Wildman–Crippen LogP) is 2.85. The van der Waals surface area contributed by atoms with Gasteiger partial charge in [-0.05, 0) is 30.2 Å². The Bertz CT molecular complexity index is 621. The molecule has 0 atom stereocenters. The number of rotatable bonds is 2. The van der Waals surface area contributed by atoms with Crippen molar-refractivity contribution in [1.82, 2.24) is 9.78 Å². The van der Waals surface area contributed by atoms with E-state index in [9.17, 15) is 0 Å². The Kier molecular flexibility index (Phi) is 3.33. The second kappa shape index (κ2) is 4.98. The number of anilines is 1. The molecule has 4 nitrogen and oxygen atoms in total. The van der Waals surface area contributed by atoms with Crippen LogP contribution in [-0.2, 0) is 24.2 Å². The number of halogens is 1. The molecule has 0 bridgehead atoms. The summed E-state index contributed by atoms with van der Waals surface area (Å²) in [4.78, 5) is 0. The van der Waals surface area contributed by atoms with Gasteiger partial charge in [0.2, 0.25) is 0 Å². The molecule has 2 heterocycles. The summed E-state index contributed by atoms with van der Waals surface area (Å²) in [5, 5.41) is 4.50. The molecule has 0 saturated carbocycles. The van der Waals surface area contributed by atoms with Gasteiger partial charge in [-0.2, -0.15) is 5.10 Å². The van der Waals surface area contributed by atoms with Gasteiger partial charge in [0.25, 0.3) is 0 Å². The van der Waals surface area contributed by atoms with Crippen LogP contribution in [0.3, 0.4) is 0 Å². The van der Waals surface area contributed by atoms with Crippen LogP contribution in [0.4, 0.5) is 5.82 Å². The molecule has 1 aromatic heterocycles. The highest BCUT2D eigenvalue weighted by Gasteiger charge is 2.21. The molecule has 100 valence electrons. The topological polar surface area (TPSA) is 53.1 Å². The molecule has 0 saturated heterocycles. The monoisotopic (exact) mass is 321 g/mol. The first-order chi connectivity index (χ1) is 9.20. The van der Waals surface area contributed by atoms with Gasteiger partial charge in [0.1, 0.15) is 0 Å². The van der Waals surface area contributed by atoms with Crippen molar-refractivity contribution in [2.24, 2.45) is 0 Å². The number of hydrogen-bond donors (Lipinski definition) is 1. The Balaban J connectivity index is 2.17. The fourth-order valence-electron chi connectivity index (χ4n) is 2.50. The van der Waals surface area contributed by atoms with Gasteiger partial charge < -0.3 is 10.5 Å². The summed E-state index contributed by atoms with van der Waals surface area (Å²) in [5.41, 5.74) is 10.6. The first-order valence-electron chi connectivity index (χ1n) is 6.43. The van der Waals surface area contributed by atoms with Crippen LogP contribution in [0, 0.1) is 0 Å². The third kappa shape index (κ3) is 2.17. The molecule has 0 aliphatic carbocycles. The van der Waals surface area contributed by atoms with Crippen LogP contribution >= 0.6 is 15.9 Å². The van der Waals surface area contributed by atoms with E-state index in [0.717, 1.165) is 35.2 Å². The molecule has 0 radical (unpaired) electrons. The molecule has 1 aromatic carbocycles. The number of aromatic nitrogens is 2. The summed E-state index contributed by atoms with van der Waals surface area (Å²) >= 11 is 3.52. The van der Waals surface area contributed by atoms with Crippen LogP contribution in [0.15, 0.2) is 22.7 Å². The van der Waals surface area contributed by atoms with E-state index in [2.05, 4.69) is 40.1 Å². The third-order valence-corrected chi connectivity index (χ3v) is 3.99. The maximum absolute atomic E-state index is 6.00. The van der Waals surface area contributed by atoms with Gasteiger partial charge in [-0.25, -0.2) is 4.68 Å². The zero-order chi connectivity index (χ0) is 13.4. The minimum atomic E-state index is 0.569. The second-order valence-corrected chi connectivity index (χ2v) is 5.57. The van der Waals surface area contributed by atoms with Crippen molar-refractivity contribution < 1.29 is 4.74 Å². The molecule has 2 aromatic rings. The van der Waals surface area contributed by atoms with Gasteiger partial charge in [-0.15, -0.1) is 0 Å². The largest absolute Gasteiger partial charge is 0.382 e. The van der Waals surface area contributed by atoms with Gasteiger partial charge in [-0.1, -0.05) is 22.9 Å². The van der Waals surface area contributed by atoms with Crippen molar-refractivity contribution in [2.75, 3.05) is 12.3 Å². The Morgan fingerprint density at radius 1 is 1.47 bits per heavy atom. The second-order valence-electron chi connectivity index (χ2n) is 4.65. The van der Waals surface area contributed by atoms with Crippen molar-refractivity contribution in [3.8, 4) is 5.69 Å². The summed E-state index contributed by atoms with van der Waals surface area (Å²) in [6.45, 7) is 3.45. The average molecular weight is 322 g/mol. The van der Waals surface area contributed by atoms with Gasteiger partial charge in [0, 0.05) is 16.5 Å². The zero-order valence-corrected chi connectivity index (χ0v) is 12.4. The van der Waals surface area contributed by atoms with E-state index in [1.165, 1.54) is 11.3 Å². The lowest BCUT2D eigenvalue weighted by atomic mass is 10.1. The minimum absolute atomic E-state index is 0.569. The van der Waals surface area contributed by atoms with Crippen molar-refractivity contribution in [1.29, 1.82) is 0 Å². The highest BCUT2D eigenvalue weighted by molar-refractivity contribution is 9.10. The summed E-state index contributed by atoms with van der Waals surface area (Å²) in [7, 11) is 0. The molecule has 0 amide bonds. The van der Waals surface area contributed by atoms with E-state index >= 15 is 0 Å². The highest BCUT2D eigenvalue weighted by Crippen LogP contribution is 2.28. The number of nitrogens with two attached hydrogens (primary N) is 1. The summed E-state index contributed by atoms with van der Waals surface area (Å²) in [6, 6.07) is 6.27. The Morgan fingerprint density at radius 3 is 3.11 bits per heavy atom. The fraction of sp³-hybridized carbons (Fsp3) is 0.357. The smallest absolute Gasteiger partial charge is 0.151 e. The number of nitrogen functional groups attached to an aromatic ring is 1. The molecule has 3 rings (SSSR count). The number of nitrogens with zero attached hydrogens (tertiary/aromatic N) is 2. The zero-order valence-electron chi connectivity index (χ0n) is 10.8. The molecular weight excluding hydrogens is 306 g/mol. The first-order valence-corrected chi connectivity index (χ1v) is 7.22. The lowest BCUT2D eigenvalue weighted by molar-refractivity contribution is 0.110. The minimum Gasteiger partial charge on any atom is -0.382 e. The maximum atomic E-state index is 6.00. The van der Waals surface area contributed by atoms with Crippen molar-refractivity contribution in [3.05, 3.63) is 39.5 Å². The first kappa shape index (κ1) is 12.7. The predicted molar refractivity (Wildman–Crippen MR) is 78.4 cm³/mol. The maximum Gasteiger partial charge on any atom is 0.151 e. The van der Waals surface area contributed by atoms with Crippen molar-refractivity contribution in [3.63, 3.8) is 0 Å². The van der Waals surface area contributed by atoms with Gasteiger partial charge in [0.15, 0.2) is 5.82 Å². The number of ether oxygens (including phenoxy) is 1. The molecule has 1 aliphatic rings. The lowest BCUT2D eigenvalue weighted by Crippen LogP contribution is -2.14. The van der Waals surface area contributed by atoms with Gasteiger partial charge >= 0.3 is 0 Å². The molecule has 19 heavy (non-hydrogen) atoms.